The molecule has 10 heteroatoms. The first-order valence-electron chi connectivity index (χ1n) is 9.32. The Morgan fingerprint density at radius 2 is 2.00 bits per heavy atom. The molecular formula is C18H27F3N2O5. The van der Waals surface area contributed by atoms with E-state index in [2.05, 4.69) is 10.1 Å². The van der Waals surface area contributed by atoms with Crippen LogP contribution in [0.5, 0.6) is 0 Å². The number of aryl methyl sites for hydroxylation is 2. The summed E-state index contributed by atoms with van der Waals surface area (Å²) in [5.41, 5.74) is 2.26. The SMILES string of the molecule is CCOC[C@@H]1CC[C@H]2[C@H](CCN2Cc2c(C)noc2C)O1.O=C(O)C(F)(F)F. The van der Waals surface area contributed by atoms with Crippen molar-refractivity contribution in [3.63, 3.8) is 0 Å². The number of aromatic nitrogens is 1. The maximum atomic E-state index is 10.6. The Labute approximate surface area is 161 Å². The maximum Gasteiger partial charge on any atom is 0.490 e. The van der Waals surface area contributed by atoms with Crippen LogP contribution in [0, 0.1) is 13.8 Å². The number of nitrogens with zero attached hydrogens (tertiary/aromatic N) is 2. The van der Waals surface area contributed by atoms with E-state index in [1.165, 1.54) is 12.0 Å². The van der Waals surface area contributed by atoms with Crippen LogP contribution in [0.15, 0.2) is 4.52 Å². The van der Waals surface area contributed by atoms with E-state index in [1.54, 1.807) is 0 Å². The van der Waals surface area contributed by atoms with Gasteiger partial charge < -0.3 is 19.1 Å². The molecule has 0 bridgehead atoms. The molecule has 7 nitrogen and oxygen atoms in total. The van der Waals surface area contributed by atoms with Gasteiger partial charge in [-0.05, 0) is 40.0 Å². The van der Waals surface area contributed by atoms with E-state index in [0.29, 0.717) is 12.1 Å². The molecule has 3 heterocycles. The molecule has 1 aromatic rings. The quantitative estimate of drug-likeness (QED) is 0.801. The molecule has 2 aliphatic rings. The van der Waals surface area contributed by atoms with Crippen LogP contribution in [0.4, 0.5) is 13.2 Å². The van der Waals surface area contributed by atoms with Gasteiger partial charge in [0.15, 0.2) is 0 Å². The first-order valence-corrected chi connectivity index (χ1v) is 9.32. The zero-order valence-electron chi connectivity index (χ0n) is 16.3. The van der Waals surface area contributed by atoms with E-state index < -0.39 is 12.1 Å². The fraction of sp³-hybridized carbons (Fsp3) is 0.778. The Morgan fingerprint density at radius 1 is 1.32 bits per heavy atom. The number of aliphatic carboxylic acids is 1. The summed E-state index contributed by atoms with van der Waals surface area (Å²) in [7, 11) is 0. The van der Waals surface area contributed by atoms with E-state index in [1.807, 2.05) is 20.8 Å². The molecule has 3 atom stereocenters. The standard InChI is InChI=1S/C16H26N2O3.C2HF3O2/c1-4-19-10-13-5-6-15-16(20-13)7-8-18(15)9-14-11(2)17-21-12(14)3;3-2(4,5)1(6)7/h13,15-16H,4-10H2,1-3H3;(H,6,7)/t13-,15-,16-;/m0./s1. The zero-order valence-corrected chi connectivity index (χ0v) is 16.3. The average molecular weight is 408 g/mol. The van der Waals surface area contributed by atoms with Crippen LogP contribution >= 0.6 is 0 Å². The first kappa shape index (κ1) is 22.6. The number of likely N-dealkylation sites (tertiary alicyclic amines) is 1. The molecule has 2 fully saturated rings. The van der Waals surface area contributed by atoms with Crippen molar-refractivity contribution in [1.29, 1.82) is 0 Å². The van der Waals surface area contributed by atoms with Crippen molar-refractivity contribution in [2.24, 2.45) is 0 Å². The van der Waals surface area contributed by atoms with Crippen molar-refractivity contribution in [3.05, 3.63) is 17.0 Å². The van der Waals surface area contributed by atoms with Crippen molar-refractivity contribution in [3.8, 4) is 0 Å². The van der Waals surface area contributed by atoms with Crippen LogP contribution in [-0.2, 0) is 20.8 Å². The second-order valence-electron chi connectivity index (χ2n) is 6.97. The Balaban J connectivity index is 0.000000345. The third kappa shape index (κ3) is 5.92. The Bertz CT molecular complexity index is 630. The number of hydrogen-bond acceptors (Lipinski definition) is 6. The van der Waals surface area contributed by atoms with Crippen molar-refractivity contribution in [2.45, 2.75) is 71.0 Å². The summed E-state index contributed by atoms with van der Waals surface area (Å²) < 4.78 is 48.7. The third-order valence-electron chi connectivity index (χ3n) is 5.04. The second-order valence-corrected chi connectivity index (χ2v) is 6.97. The molecule has 0 amide bonds. The van der Waals surface area contributed by atoms with E-state index in [0.717, 1.165) is 50.6 Å². The largest absolute Gasteiger partial charge is 0.490 e. The van der Waals surface area contributed by atoms with Gasteiger partial charge >= 0.3 is 12.1 Å². The second kappa shape index (κ2) is 9.71. The van der Waals surface area contributed by atoms with Gasteiger partial charge in [-0.3, -0.25) is 4.90 Å². The number of ether oxygens (including phenoxy) is 2. The summed E-state index contributed by atoms with van der Waals surface area (Å²) >= 11 is 0. The first-order chi connectivity index (χ1) is 13.1. The molecule has 2 saturated heterocycles. The summed E-state index contributed by atoms with van der Waals surface area (Å²) in [4.78, 5) is 11.4. The predicted molar refractivity (Wildman–Crippen MR) is 92.9 cm³/mol. The maximum absolute atomic E-state index is 10.6. The van der Waals surface area contributed by atoms with Gasteiger partial charge in [-0.2, -0.15) is 13.2 Å². The van der Waals surface area contributed by atoms with Gasteiger partial charge in [0, 0.05) is 31.3 Å². The summed E-state index contributed by atoms with van der Waals surface area (Å²) in [5, 5.41) is 11.2. The van der Waals surface area contributed by atoms with Gasteiger partial charge in [-0.15, -0.1) is 0 Å². The topological polar surface area (TPSA) is 85.0 Å². The molecular weight excluding hydrogens is 381 g/mol. The molecule has 0 unspecified atom stereocenters. The molecule has 1 N–H and O–H groups in total. The monoisotopic (exact) mass is 408 g/mol. The lowest BCUT2D eigenvalue weighted by Gasteiger charge is -2.36. The van der Waals surface area contributed by atoms with Crippen LogP contribution in [0.3, 0.4) is 0 Å². The van der Waals surface area contributed by atoms with Gasteiger partial charge in [0.1, 0.15) is 5.76 Å². The highest BCUT2D eigenvalue weighted by Gasteiger charge is 2.40. The molecule has 0 saturated carbocycles. The number of hydrogen-bond donors (Lipinski definition) is 1. The van der Waals surface area contributed by atoms with Gasteiger partial charge in [0.2, 0.25) is 0 Å². The molecule has 160 valence electrons. The number of halogens is 3. The molecule has 0 aromatic carbocycles. The summed E-state index contributed by atoms with van der Waals surface area (Å²) in [6.07, 6.45) is -1.02. The van der Waals surface area contributed by atoms with Crippen LogP contribution < -0.4 is 0 Å². The van der Waals surface area contributed by atoms with Gasteiger partial charge in [0.25, 0.3) is 0 Å². The van der Waals surface area contributed by atoms with Crippen LogP contribution in [0.1, 0.15) is 43.2 Å². The van der Waals surface area contributed by atoms with Crippen molar-refractivity contribution in [1.82, 2.24) is 10.1 Å². The van der Waals surface area contributed by atoms with Crippen molar-refractivity contribution in [2.75, 3.05) is 19.8 Å². The lowest BCUT2D eigenvalue weighted by Crippen LogP contribution is -2.43. The van der Waals surface area contributed by atoms with Gasteiger partial charge in [0.05, 0.1) is 24.5 Å². The van der Waals surface area contributed by atoms with Gasteiger partial charge in [-0.25, -0.2) is 4.79 Å². The molecule has 1 aromatic heterocycles. The third-order valence-corrected chi connectivity index (χ3v) is 5.04. The van der Waals surface area contributed by atoms with Gasteiger partial charge in [-0.1, -0.05) is 5.16 Å². The van der Waals surface area contributed by atoms with Crippen LogP contribution in [0.2, 0.25) is 0 Å². The van der Waals surface area contributed by atoms with Crippen LogP contribution in [0.25, 0.3) is 0 Å². The van der Waals surface area contributed by atoms with Crippen LogP contribution in [-0.4, -0.2) is 65.3 Å². The molecule has 0 spiro atoms. The Morgan fingerprint density at radius 3 is 2.54 bits per heavy atom. The minimum absolute atomic E-state index is 0.283. The molecule has 0 aliphatic carbocycles. The van der Waals surface area contributed by atoms with E-state index in [4.69, 9.17) is 23.9 Å². The number of alkyl halides is 3. The fourth-order valence-corrected chi connectivity index (χ4v) is 3.58. The Kier molecular flexibility index (Phi) is 7.85. The smallest absolute Gasteiger partial charge is 0.475 e. The fourth-order valence-electron chi connectivity index (χ4n) is 3.58. The number of carbonyl (C=O) groups is 1. The van der Waals surface area contributed by atoms with E-state index >= 15 is 0 Å². The minimum atomic E-state index is -5.08. The highest BCUT2D eigenvalue weighted by atomic mass is 19.4. The summed E-state index contributed by atoms with van der Waals surface area (Å²) in [6, 6.07) is 0.538. The molecule has 3 rings (SSSR count). The zero-order chi connectivity index (χ0) is 20.9. The molecule has 28 heavy (non-hydrogen) atoms. The number of carboxylic acids is 1. The predicted octanol–water partition coefficient (Wildman–Crippen LogP) is 3.08. The summed E-state index contributed by atoms with van der Waals surface area (Å²) in [6.45, 7) is 9.60. The normalized spacial score (nSPS) is 25.1. The van der Waals surface area contributed by atoms with E-state index in [9.17, 15) is 13.2 Å². The lowest BCUT2D eigenvalue weighted by molar-refractivity contribution is -0.192. The number of carboxylic acid groups (broad SMARTS) is 1. The minimum Gasteiger partial charge on any atom is -0.475 e. The highest BCUT2D eigenvalue weighted by molar-refractivity contribution is 5.73. The average Bonchev–Trinajstić information content (AvgIpc) is 3.17. The van der Waals surface area contributed by atoms with E-state index in [-0.39, 0.29) is 6.10 Å². The number of rotatable bonds is 5. The van der Waals surface area contributed by atoms with Crippen molar-refractivity contribution >= 4 is 5.97 Å². The lowest BCUT2D eigenvalue weighted by atomic mass is 9.99. The van der Waals surface area contributed by atoms with Crippen molar-refractivity contribution < 1.29 is 37.1 Å². The molecule has 0 radical (unpaired) electrons. The highest BCUT2D eigenvalue weighted by Crippen LogP contribution is 2.33. The molecule has 2 aliphatic heterocycles. The Hall–Kier alpha value is -1.65. The summed E-state index contributed by atoms with van der Waals surface area (Å²) in [5.74, 6) is -1.81. The number of fused-ring (bicyclic) bond motifs is 1.